The SMILES string of the molecule is CCNC(=O)N(Cc1nnc2n1CCCCC2)c1cccc(Cl)c1C. The fraction of sp³-hybridized carbons (Fsp3) is 0.500. The minimum atomic E-state index is -0.154. The second kappa shape index (κ2) is 7.87. The van der Waals surface area contributed by atoms with E-state index in [9.17, 15) is 4.79 Å². The van der Waals surface area contributed by atoms with Crippen LogP contribution in [0.15, 0.2) is 18.2 Å². The van der Waals surface area contributed by atoms with Gasteiger partial charge in [0.15, 0.2) is 5.82 Å². The molecule has 2 heterocycles. The van der Waals surface area contributed by atoms with Crippen molar-refractivity contribution in [3.8, 4) is 0 Å². The summed E-state index contributed by atoms with van der Waals surface area (Å²) < 4.78 is 2.17. The number of benzene rings is 1. The van der Waals surface area contributed by atoms with Crippen molar-refractivity contribution in [2.75, 3.05) is 11.4 Å². The van der Waals surface area contributed by atoms with Crippen molar-refractivity contribution in [3.63, 3.8) is 0 Å². The van der Waals surface area contributed by atoms with Crippen molar-refractivity contribution in [1.29, 1.82) is 0 Å². The van der Waals surface area contributed by atoms with Crippen molar-refractivity contribution in [1.82, 2.24) is 20.1 Å². The van der Waals surface area contributed by atoms with Gasteiger partial charge in [-0.25, -0.2) is 4.79 Å². The zero-order valence-electron chi connectivity index (χ0n) is 14.8. The van der Waals surface area contributed by atoms with Gasteiger partial charge in [0, 0.05) is 24.5 Å². The van der Waals surface area contributed by atoms with E-state index in [0.29, 0.717) is 18.1 Å². The van der Waals surface area contributed by atoms with Gasteiger partial charge >= 0.3 is 6.03 Å². The molecule has 0 aliphatic carbocycles. The van der Waals surface area contributed by atoms with Gasteiger partial charge in [0.05, 0.1) is 12.2 Å². The summed E-state index contributed by atoms with van der Waals surface area (Å²) in [6, 6.07) is 5.45. The highest BCUT2D eigenvalue weighted by Gasteiger charge is 2.23. The highest BCUT2D eigenvalue weighted by atomic mass is 35.5. The van der Waals surface area contributed by atoms with Gasteiger partial charge in [-0.15, -0.1) is 10.2 Å². The maximum atomic E-state index is 12.7. The third-order valence-corrected chi connectivity index (χ3v) is 5.00. The van der Waals surface area contributed by atoms with E-state index in [-0.39, 0.29) is 6.03 Å². The van der Waals surface area contributed by atoms with E-state index in [1.54, 1.807) is 4.90 Å². The number of carbonyl (C=O) groups is 1. The number of hydrogen-bond donors (Lipinski definition) is 1. The molecular formula is C18H24ClN5O. The maximum absolute atomic E-state index is 12.7. The third-order valence-electron chi connectivity index (χ3n) is 4.59. The van der Waals surface area contributed by atoms with Crippen LogP contribution >= 0.6 is 11.6 Å². The van der Waals surface area contributed by atoms with E-state index in [0.717, 1.165) is 48.7 Å². The van der Waals surface area contributed by atoms with Gasteiger partial charge in [0.1, 0.15) is 5.82 Å². The number of aromatic nitrogens is 3. The molecule has 6 nitrogen and oxygen atoms in total. The van der Waals surface area contributed by atoms with Crippen LogP contribution < -0.4 is 10.2 Å². The van der Waals surface area contributed by atoms with Gasteiger partial charge < -0.3 is 9.88 Å². The van der Waals surface area contributed by atoms with E-state index in [2.05, 4.69) is 20.1 Å². The molecule has 0 unspecified atom stereocenters. The Morgan fingerprint density at radius 1 is 1.32 bits per heavy atom. The van der Waals surface area contributed by atoms with E-state index in [1.807, 2.05) is 32.0 Å². The molecule has 0 bridgehead atoms. The van der Waals surface area contributed by atoms with Crippen molar-refractivity contribution >= 4 is 23.3 Å². The van der Waals surface area contributed by atoms with Crippen LogP contribution in [0.1, 0.15) is 43.4 Å². The number of hydrogen-bond acceptors (Lipinski definition) is 3. The maximum Gasteiger partial charge on any atom is 0.322 e. The number of rotatable bonds is 4. The molecule has 0 radical (unpaired) electrons. The number of urea groups is 1. The molecule has 1 aromatic heterocycles. The lowest BCUT2D eigenvalue weighted by atomic mass is 10.2. The Bertz CT molecular complexity index is 758. The smallest absolute Gasteiger partial charge is 0.322 e. The topological polar surface area (TPSA) is 63.1 Å². The number of anilines is 1. The molecule has 1 aliphatic rings. The highest BCUT2D eigenvalue weighted by Crippen LogP contribution is 2.28. The zero-order valence-corrected chi connectivity index (χ0v) is 15.5. The van der Waals surface area contributed by atoms with Crippen LogP contribution in [0.3, 0.4) is 0 Å². The molecule has 7 heteroatoms. The molecule has 1 N–H and O–H groups in total. The number of nitrogens with zero attached hydrogens (tertiary/aromatic N) is 4. The first-order valence-corrected chi connectivity index (χ1v) is 9.21. The predicted octanol–water partition coefficient (Wildman–Crippen LogP) is 3.70. The van der Waals surface area contributed by atoms with Crippen molar-refractivity contribution in [2.45, 2.75) is 52.6 Å². The Balaban J connectivity index is 1.95. The molecule has 2 amide bonds. The first-order chi connectivity index (χ1) is 12.1. The Morgan fingerprint density at radius 3 is 2.96 bits per heavy atom. The Kier molecular flexibility index (Phi) is 5.58. The number of aryl methyl sites for hydroxylation is 1. The normalized spacial score (nSPS) is 13.9. The van der Waals surface area contributed by atoms with Gasteiger partial charge in [-0.05, 0) is 44.4 Å². The Labute approximate surface area is 153 Å². The summed E-state index contributed by atoms with van der Waals surface area (Å²) in [5, 5.41) is 12.2. The lowest BCUT2D eigenvalue weighted by Gasteiger charge is -2.25. The van der Waals surface area contributed by atoms with Crippen molar-refractivity contribution in [3.05, 3.63) is 40.4 Å². The van der Waals surface area contributed by atoms with E-state index >= 15 is 0 Å². The van der Waals surface area contributed by atoms with E-state index in [1.165, 1.54) is 6.42 Å². The summed E-state index contributed by atoms with van der Waals surface area (Å²) in [5.41, 5.74) is 1.68. The lowest BCUT2D eigenvalue weighted by Crippen LogP contribution is -2.40. The second-order valence-electron chi connectivity index (χ2n) is 6.30. The average Bonchev–Trinajstić information content (AvgIpc) is 2.82. The first kappa shape index (κ1) is 17.7. The number of amides is 2. The molecule has 25 heavy (non-hydrogen) atoms. The summed E-state index contributed by atoms with van der Waals surface area (Å²) in [7, 11) is 0. The van der Waals surface area contributed by atoms with Crippen LogP contribution in [0.25, 0.3) is 0 Å². The molecule has 0 atom stereocenters. The average molecular weight is 362 g/mol. The zero-order chi connectivity index (χ0) is 17.8. The molecule has 134 valence electrons. The summed E-state index contributed by atoms with van der Waals surface area (Å²) >= 11 is 6.27. The van der Waals surface area contributed by atoms with Gasteiger partial charge in [0.25, 0.3) is 0 Å². The molecule has 0 saturated heterocycles. The highest BCUT2D eigenvalue weighted by molar-refractivity contribution is 6.31. The summed E-state index contributed by atoms with van der Waals surface area (Å²) in [4.78, 5) is 14.4. The first-order valence-electron chi connectivity index (χ1n) is 8.83. The molecule has 0 spiro atoms. The minimum Gasteiger partial charge on any atom is -0.338 e. The van der Waals surface area contributed by atoms with Crippen LogP contribution in [0, 0.1) is 6.92 Å². The van der Waals surface area contributed by atoms with Gasteiger partial charge in [-0.1, -0.05) is 24.1 Å². The van der Waals surface area contributed by atoms with Gasteiger partial charge in [0.2, 0.25) is 0 Å². The molecule has 1 aromatic carbocycles. The molecule has 0 saturated carbocycles. The van der Waals surface area contributed by atoms with Gasteiger partial charge in [-0.3, -0.25) is 4.90 Å². The molecular weight excluding hydrogens is 338 g/mol. The van der Waals surface area contributed by atoms with Crippen LogP contribution in [-0.4, -0.2) is 27.3 Å². The molecule has 0 fully saturated rings. The fourth-order valence-electron chi connectivity index (χ4n) is 3.21. The van der Waals surface area contributed by atoms with E-state index in [4.69, 9.17) is 11.6 Å². The van der Waals surface area contributed by atoms with Crippen LogP contribution in [0.4, 0.5) is 10.5 Å². The van der Waals surface area contributed by atoms with Gasteiger partial charge in [-0.2, -0.15) is 0 Å². The predicted molar refractivity (Wildman–Crippen MR) is 99.0 cm³/mol. The van der Waals surface area contributed by atoms with Crippen molar-refractivity contribution in [2.24, 2.45) is 0 Å². The largest absolute Gasteiger partial charge is 0.338 e. The minimum absolute atomic E-state index is 0.154. The summed E-state index contributed by atoms with van der Waals surface area (Å²) in [6.07, 6.45) is 4.42. The third kappa shape index (κ3) is 3.79. The molecule has 1 aliphatic heterocycles. The standard InChI is InChI=1S/C18H24ClN5O/c1-3-20-18(25)24(15-9-7-8-14(19)13(15)2)12-17-22-21-16-10-5-4-6-11-23(16)17/h7-9H,3-6,10-12H2,1-2H3,(H,20,25). The lowest BCUT2D eigenvalue weighted by molar-refractivity contribution is 0.246. The van der Waals surface area contributed by atoms with Crippen LogP contribution in [0.5, 0.6) is 0 Å². The summed E-state index contributed by atoms with van der Waals surface area (Å²) in [5.74, 6) is 1.84. The Hall–Kier alpha value is -2.08. The second-order valence-corrected chi connectivity index (χ2v) is 6.71. The van der Waals surface area contributed by atoms with Crippen LogP contribution in [-0.2, 0) is 19.5 Å². The quantitative estimate of drug-likeness (QED) is 0.903. The van der Waals surface area contributed by atoms with Crippen LogP contribution in [0.2, 0.25) is 5.02 Å². The molecule has 3 rings (SSSR count). The molecule has 2 aromatic rings. The monoisotopic (exact) mass is 361 g/mol. The number of fused-ring (bicyclic) bond motifs is 1. The number of carbonyl (C=O) groups excluding carboxylic acids is 1. The number of nitrogens with one attached hydrogen (secondary N) is 1. The van der Waals surface area contributed by atoms with E-state index < -0.39 is 0 Å². The Morgan fingerprint density at radius 2 is 2.16 bits per heavy atom. The summed E-state index contributed by atoms with van der Waals surface area (Å²) in [6.45, 7) is 5.68. The van der Waals surface area contributed by atoms with Crippen molar-refractivity contribution < 1.29 is 4.79 Å². The number of halogens is 1. The fourth-order valence-corrected chi connectivity index (χ4v) is 3.37.